The van der Waals surface area contributed by atoms with Gasteiger partial charge in [0.25, 0.3) is 0 Å². The fraction of sp³-hybridized carbons (Fsp3) is 0.500. The molecule has 1 rings (SSSR count). The van der Waals surface area contributed by atoms with Gasteiger partial charge in [-0.1, -0.05) is 30.9 Å². The fourth-order valence-corrected chi connectivity index (χ4v) is 1.47. The Morgan fingerprint density at radius 1 is 1.26 bits per heavy atom. The highest BCUT2D eigenvalue weighted by Gasteiger charge is 2.34. The van der Waals surface area contributed by atoms with E-state index >= 15 is 0 Å². The molecular weight excluding hydrogens is 238 g/mol. The summed E-state index contributed by atoms with van der Waals surface area (Å²) in [6.45, 7) is 12.4. The van der Waals surface area contributed by atoms with Gasteiger partial charge in [0.15, 0.2) is 0 Å². The quantitative estimate of drug-likeness (QED) is 0.743. The van der Waals surface area contributed by atoms with Crippen LogP contribution in [-0.4, -0.2) is 22.9 Å². The van der Waals surface area contributed by atoms with Crippen molar-refractivity contribution in [1.82, 2.24) is 5.32 Å². The summed E-state index contributed by atoms with van der Waals surface area (Å²) in [6.07, 6.45) is 1.73. The Labute approximate surface area is 116 Å². The Morgan fingerprint density at radius 3 is 2.47 bits per heavy atom. The summed E-state index contributed by atoms with van der Waals surface area (Å²) in [6, 6.07) is 7.89. The van der Waals surface area contributed by atoms with Crippen molar-refractivity contribution in [3.05, 3.63) is 42.5 Å². The number of rotatable bonds is 7. The summed E-state index contributed by atoms with van der Waals surface area (Å²) < 4.78 is 5.62. The molecular formula is C16H25NO2. The van der Waals surface area contributed by atoms with Crippen LogP contribution < -0.4 is 10.1 Å². The molecule has 0 aliphatic carbocycles. The first-order valence-corrected chi connectivity index (χ1v) is 6.57. The first-order chi connectivity index (χ1) is 8.78. The van der Waals surface area contributed by atoms with Crippen LogP contribution in [0.5, 0.6) is 5.75 Å². The fourth-order valence-electron chi connectivity index (χ4n) is 1.47. The summed E-state index contributed by atoms with van der Waals surface area (Å²) >= 11 is 0. The van der Waals surface area contributed by atoms with E-state index in [1.807, 2.05) is 38.1 Å². The molecule has 0 aromatic heterocycles. The van der Waals surface area contributed by atoms with E-state index in [1.165, 1.54) is 0 Å². The van der Waals surface area contributed by atoms with Gasteiger partial charge >= 0.3 is 0 Å². The first-order valence-electron chi connectivity index (χ1n) is 6.57. The van der Waals surface area contributed by atoms with Crippen molar-refractivity contribution in [3.8, 4) is 5.75 Å². The smallest absolute Gasteiger partial charge is 0.124 e. The Morgan fingerprint density at radius 2 is 1.89 bits per heavy atom. The Kier molecular flexibility index (Phi) is 5.15. The second-order valence-electron chi connectivity index (χ2n) is 5.74. The molecule has 2 N–H and O–H groups in total. The zero-order valence-electron chi connectivity index (χ0n) is 12.4. The van der Waals surface area contributed by atoms with Crippen LogP contribution in [0.3, 0.4) is 0 Å². The van der Waals surface area contributed by atoms with Gasteiger partial charge in [0.1, 0.15) is 12.4 Å². The number of hydrogen-bond donors (Lipinski definition) is 2. The molecule has 106 valence electrons. The lowest BCUT2D eigenvalue weighted by Gasteiger charge is -2.38. The molecule has 0 aliphatic rings. The minimum absolute atomic E-state index is 0.390. The molecule has 19 heavy (non-hydrogen) atoms. The third-order valence-electron chi connectivity index (χ3n) is 3.58. The van der Waals surface area contributed by atoms with Crippen molar-refractivity contribution in [2.24, 2.45) is 0 Å². The maximum Gasteiger partial charge on any atom is 0.124 e. The van der Waals surface area contributed by atoms with E-state index in [2.05, 4.69) is 11.9 Å². The van der Waals surface area contributed by atoms with E-state index in [1.54, 1.807) is 19.9 Å². The SMILES string of the molecule is C=CCOc1ccccc1CNC(C)(C)C(C)(C)O. The number of para-hydroxylation sites is 1. The predicted octanol–water partition coefficient (Wildman–Crippen LogP) is 2.89. The van der Waals surface area contributed by atoms with E-state index < -0.39 is 11.1 Å². The summed E-state index contributed by atoms with van der Waals surface area (Å²) in [7, 11) is 0. The molecule has 1 aromatic carbocycles. The molecule has 0 unspecified atom stereocenters. The van der Waals surface area contributed by atoms with Crippen molar-refractivity contribution >= 4 is 0 Å². The minimum atomic E-state index is -0.802. The molecule has 0 fully saturated rings. The first kappa shape index (κ1) is 15.7. The van der Waals surface area contributed by atoms with Gasteiger partial charge in [0.2, 0.25) is 0 Å². The molecule has 3 nitrogen and oxygen atoms in total. The van der Waals surface area contributed by atoms with E-state index in [4.69, 9.17) is 4.74 Å². The van der Waals surface area contributed by atoms with Crippen LogP contribution in [0.15, 0.2) is 36.9 Å². The van der Waals surface area contributed by atoms with Crippen LogP contribution in [0, 0.1) is 0 Å². The lowest BCUT2D eigenvalue weighted by Crippen LogP contribution is -2.55. The molecule has 0 amide bonds. The molecule has 0 saturated heterocycles. The second-order valence-corrected chi connectivity index (χ2v) is 5.74. The predicted molar refractivity (Wildman–Crippen MR) is 79.4 cm³/mol. The van der Waals surface area contributed by atoms with Crippen molar-refractivity contribution in [3.63, 3.8) is 0 Å². The van der Waals surface area contributed by atoms with Gasteiger partial charge < -0.3 is 15.2 Å². The summed E-state index contributed by atoms with van der Waals surface area (Å²) in [5.41, 5.74) is -0.121. The Bertz CT molecular complexity index is 419. The Hall–Kier alpha value is -1.32. The number of hydrogen-bond acceptors (Lipinski definition) is 3. The van der Waals surface area contributed by atoms with Gasteiger partial charge in [-0.05, 0) is 33.8 Å². The van der Waals surface area contributed by atoms with E-state index in [0.717, 1.165) is 11.3 Å². The number of ether oxygens (including phenoxy) is 1. The maximum atomic E-state index is 10.1. The highest BCUT2D eigenvalue weighted by Crippen LogP contribution is 2.23. The van der Waals surface area contributed by atoms with E-state index in [0.29, 0.717) is 13.2 Å². The summed E-state index contributed by atoms with van der Waals surface area (Å²) in [4.78, 5) is 0. The normalized spacial score (nSPS) is 12.3. The van der Waals surface area contributed by atoms with Crippen molar-refractivity contribution in [2.45, 2.75) is 45.4 Å². The molecule has 0 aliphatic heterocycles. The van der Waals surface area contributed by atoms with Crippen LogP contribution >= 0.6 is 0 Å². The molecule has 0 spiro atoms. The van der Waals surface area contributed by atoms with Gasteiger partial charge in [-0.2, -0.15) is 0 Å². The zero-order valence-corrected chi connectivity index (χ0v) is 12.4. The molecule has 0 radical (unpaired) electrons. The monoisotopic (exact) mass is 263 g/mol. The average Bonchev–Trinajstić information content (AvgIpc) is 2.33. The Balaban J connectivity index is 2.75. The van der Waals surface area contributed by atoms with Gasteiger partial charge in [-0.15, -0.1) is 0 Å². The number of nitrogens with one attached hydrogen (secondary N) is 1. The highest BCUT2D eigenvalue weighted by atomic mass is 16.5. The van der Waals surface area contributed by atoms with Crippen molar-refractivity contribution in [2.75, 3.05) is 6.61 Å². The van der Waals surface area contributed by atoms with Gasteiger partial charge in [0, 0.05) is 17.6 Å². The van der Waals surface area contributed by atoms with Crippen LogP contribution in [0.25, 0.3) is 0 Å². The molecule has 0 atom stereocenters. The minimum Gasteiger partial charge on any atom is -0.489 e. The van der Waals surface area contributed by atoms with Crippen molar-refractivity contribution in [1.29, 1.82) is 0 Å². The standard InChI is InChI=1S/C16H25NO2/c1-6-11-19-14-10-8-7-9-13(14)12-17-15(2,3)16(4,5)18/h6-10,17-18H,1,11-12H2,2-5H3. The molecule has 0 heterocycles. The highest BCUT2D eigenvalue weighted by molar-refractivity contribution is 5.33. The van der Waals surface area contributed by atoms with Crippen LogP contribution in [0.2, 0.25) is 0 Å². The van der Waals surface area contributed by atoms with Crippen LogP contribution in [0.1, 0.15) is 33.3 Å². The van der Waals surface area contributed by atoms with Crippen LogP contribution in [0.4, 0.5) is 0 Å². The maximum absolute atomic E-state index is 10.1. The van der Waals surface area contributed by atoms with E-state index in [-0.39, 0.29) is 0 Å². The second kappa shape index (κ2) is 6.22. The molecule has 0 bridgehead atoms. The third kappa shape index (κ3) is 4.37. The van der Waals surface area contributed by atoms with Crippen LogP contribution in [-0.2, 0) is 6.54 Å². The topological polar surface area (TPSA) is 41.5 Å². The van der Waals surface area contributed by atoms with Gasteiger partial charge in [-0.25, -0.2) is 0 Å². The van der Waals surface area contributed by atoms with E-state index in [9.17, 15) is 5.11 Å². The number of benzene rings is 1. The van der Waals surface area contributed by atoms with Gasteiger partial charge in [0.05, 0.1) is 5.60 Å². The third-order valence-corrected chi connectivity index (χ3v) is 3.58. The summed E-state index contributed by atoms with van der Waals surface area (Å²) in [5, 5.41) is 13.5. The average molecular weight is 263 g/mol. The molecule has 3 heteroatoms. The summed E-state index contributed by atoms with van der Waals surface area (Å²) in [5.74, 6) is 0.849. The lowest BCUT2D eigenvalue weighted by molar-refractivity contribution is -0.00540. The van der Waals surface area contributed by atoms with Gasteiger partial charge in [-0.3, -0.25) is 0 Å². The van der Waals surface area contributed by atoms with Crippen molar-refractivity contribution < 1.29 is 9.84 Å². The zero-order chi connectivity index (χ0) is 14.5. The lowest BCUT2D eigenvalue weighted by atomic mass is 9.86. The molecule has 1 aromatic rings. The molecule has 0 saturated carbocycles. The largest absolute Gasteiger partial charge is 0.489 e. The number of aliphatic hydroxyl groups is 1.